The van der Waals surface area contributed by atoms with Crippen molar-refractivity contribution in [1.82, 2.24) is 5.32 Å². The summed E-state index contributed by atoms with van der Waals surface area (Å²) in [5, 5.41) is 2.97. The molecule has 94 valence electrons. The number of nitrogens with one attached hydrogen (secondary N) is 1. The van der Waals surface area contributed by atoms with Gasteiger partial charge in [0.1, 0.15) is 0 Å². The van der Waals surface area contributed by atoms with E-state index in [9.17, 15) is 4.79 Å². The molecule has 3 N–H and O–H groups in total. The van der Waals surface area contributed by atoms with Gasteiger partial charge in [0.2, 0.25) is 5.91 Å². The SMILES string of the molecule is CCC1(CNC(=O)C(N)CCOC)CCC1. The van der Waals surface area contributed by atoms with Crippen LogP contribution in [0.2, 0.25) is 0 Å². The van der Waals surface area contributed by atoms with Gasteiger partial charge in [0, 0.05) is 20.3 Å². The lowest BCUT2D eigenvalue weighted by Crippen LogP contribution is -2.47. The van der Waals surface area contributed by atoms with Crippen LogP contribution >= 0.6 is 0 Å². The first-order chi connectivity index (χ1) is 7.63. The first-order valence-corrected chi connectivity index (χ1v) is 6.16. The molecule has 0 aliphatic heterocycles. The second-order valence-electron chi connectivity index (χ2n) is 4.81. The maximum atomic E-state index is 11.7. The molecule has 1 saturated carbocycles. The second-order valence-corrected chi connectivity index (χ2v) is 4.81. The molecule has 0 aromatic heterocycles. The first kappa shape index (κ1) is 13.5. The average Bonchev–Trinajstić information content (AvgIpc) is 2.24. The van der Waals surface area contributed by atoms with Crippen molar-refractivity contribution in [1.29, 1.82) is 0 Å². The highest BCUT2D eigenvalue weighted by atomic mass is 16.5. The van der Waals surface area contributed by atoms with Gasteiger partial charge in [-0.3, -0.25) is 4.79 Å². The Morgan fingerprint density at radius 2 is 2.25 bits per heavy atom. The predicted molar refractivity (Wildman–Crippen MR) is 64.1 cm³/mol. The highest BCUT2D eigenvalue weighted by Gasteiger charge is 2.35. The quantitative estimate of drug-likeness (QED) is 0.684. The van der Waals surface area contributed by atoms with Crippen molar-refractivity contribution in [3.05, 3.63) is 0 Å². The Kier molecular flexibility index (Phi) is 5.22. The van der Waals surface area contributed by atoms with Gasteiger partial charge in [-0.25, -0.2) is 0 Å². The predicted octanol–water partition coefficient (Wildman–Crippen LogP) is 1.05. The summed E-state index contributed by atoms with van der Waals surface area (Å²) in [4.78, 5) is 11.7. The van der Waals surface area contributed by atoms with Crippen LogP contribution in [0.5, 0.6) is 0 Å². The number of hydrogen-bond acceptors (Lipinski definition) is 3. The molecule has 0 aromatic carbocycles. The third-order valence-electron chi connectivity index (χ3n) is 3.77. The number of amides is 1. The topological polar surface area (TPSA) is 64.4 Å². The number of rotatable bonds is 7. The average molecular weight is 228 g/mol. The van der Waals surface area contributed by atoms with Gasteiger partial charge in [0.05, 0.1) is 6.04 Å². The summed E-state index contributed by atoms with van der Waals surface area (Å²) in [7, 11) is 1.62. The zero-order valence-corrected chi connectivity index (χ0v) is 10.4. The van der Waals surface area contributed by atoms with Crippen molar-refractivity contribution in [3.63, 3.8) is 0 Å². The van der Waals surface area contributed by atoms with Crippen LogP contribution in [0.3, 0.4) is 0 Å². The molecule has 1 aliphatic rings. The van der Waals surface area contributed by atoms with Gasteiger partial charge in [-0.15, -0.1) is 0 Å². The van der Waals surface area contributed by atoms with Gasteiger partial charge in [0.25, 0.3) is 0 Å². The standard InChI is InChI=1S/C12H24N2O2/c1-3-12(6-4-7-12)9-14-11(15)10(13)5-8-16-2/h10H,3-9,13H2,1-2H3,(H,14,15). The van der Waals surface area contributed by atoms with Crippen molar-refractivity contribution in [2.24, 2.45) is 11.1 Å². The third kappa shape index (κ3) is 3.46. The minimum atomic E-state index is -0.436. The second kappa shape index (κ2) is 6.21. The maximum absolute atomic E-state index is 11.7. The highest BCUT2D eigenvalue weighted by Crippen LogP contribution is 2.42. The first-order valence-electron chi connectivity index (χ1n) is 6.16. The van der Waals surface area contributed by atoms with E-state index in [0.717, 1.165) is 13.0 Å². The number of carbonyl (C=O) groups excluding carboxylic acids is 1. The molecule has 1 amide bonds. The molecule has 1 atom stereocenters. The van der Waals surface area contributed by atoms with E-state index < -0.39 is 6.04 Å². The molecule has 0 spiro atoms. The van der Waals surface area contributed by atoms with Crippen LogP contribution in [-0.2, 0) is 9.53 Å². The summed E-state index contributed by atoms with van der Waals surface area (Å²) in [6.07, 6.45) is 5.48. The molecular formula is C12H24N2O2. The summed E-state index contributed by atoms with van der Waals surface area (Å²) in [5.74, 6) is -0.0447. The lowest BCUT2D eigenvalue weighted by molar-refractivity contribution is -0.123. The van der Waals surface area contributed by atoms with Crippen molar-refractivity contribution >= 4 is 5.91 Å². The van der Waals surface area contributed by atoms with Gasteiger partial charge < -0.3 is 15.8 Å². The van der Waals surface area contributed by atoms with Crippen LogP contribution < -0.4 is 11.1 Å². The normalized spacial score (nSPS) is 19.9. The number of methoxy groups -OCH3 is 1. The Labute approximate surface area is 97.9 Å². The van der Waals surface area contributed by atoms with E-state index >= 15 is 0 Å². The summed E-state index contributed by atoms with van der Waals surface area (Å²) in [6, 6.07) is -0.436. The van der Waals surface area contributed by atoms with E-state index in [4.69, 9.17) is 10.5 Å². The van der Waals surface area contributed by atoms with Crippen molar-refractivity contribution < 1.29 is 9.53 Å². The van der Waals surface area contributed by atoms with Crippen LogP contribution in [0.1, 0.15) is 39.0 Å². The molecule has 0 aromatic rings. The minimum absolute atomic E-state index is 0.0447. The number of nitrogens with two attached hydrogens (primary N) is 1. The summed E-state index contributed by atoms with van der Waals surface area (Å²) < 4.78 is 4.90. The van der Waals surface area contributed by atoms with Crippen LogP contribution in [0.15, 0.2) is 0 Å². The lowest BCUT2D eigenvalue weighted by atomic mass is 9.67. The van der Waals surface area contributed by atoms with Crippen LogP contribution in [-0.4, -0.2) is 32.2 Å². The number of hydrogen-bond donors (Lipinski definition) is 2. The highest BCUT2D eigenvalue weighted by molar-refractivity contribution is 5.81. The monoisotopic (exact) mass is 228 g/mol. The maximum Gasteiger partial charge on any atom is 0.237 e. The fraction of sp³-hybridized carbons (Fsp3) is 0.917. The van der Waals surface area contributed by atoms with E-state index in [1.165, 1.54) is 19.3 Å². The summed E-state index contributed by atoms with van der Waals surface area (Å²) >= 11 is 0. The van der Waals surface area contributed by atoms with Gasteiger partial charge in [-0.1, -0.05) is 13.3 Å². The summed E-state index contributed by atoms with van der Waals surface area (Å²) in [5.41, 5.74) is 6.10. The largest absolute Gasteiger partial charge is 0.385 e. The van der Waals surface area contributed by atoms with Crippen molar-refractivity contribution in [2.75, 3.05) is 20.3 Å². The van der Waals surface area contributed by atoms with E-state index in [-0.39, 0.29) is 5.91 Å². The molecule has 0 bridgehead atoms. The fourth-order valence-electron chi connectivity index (χ4n) is 2.11. The molecule has 1 rings (SSSR count). The molecular weight excluding hydrogens is 204 g/mol. The van der Waals surface area contributed by atoms with Crippen molar-refractivity contribution in [3.8, 4) is 0 Å². The Hall–Kier alpha value is -0.610. The minimum Gasteiger partial charge on any atom is -0.385 e. The molecule has 0 saturated heterocycles. The molecule has 4 nitrogen and oxygen atoms in total. The van der Waals surface area contributed by atoms with E-state index in [1.807, 2.05) is 0 Å². The van der Waals surface area contributed by atoms with E-state index in [2.05, 4.69) is 12.2 Å². The van der Waals surface area contributed by atoms with Gasteiger partial charge in [-0.05, 0) is 31.1 Å². The Bertz CT molecular complexity index is 222. The van der Waals surface area contributed by atoms with Gasteiger partial charge >= 0.3 is 0 Å². The lowest BCUT2D eigenvalue weighted by Gasteiger charge is -2.41. The van der Waals surface area contributed by atoms with Crippen LogP contribution in [0, 0.1) is 5.41 Å². The molecule has 0 heterocycles. The Morgan fingerprint density at radius 3 is 2.69 bits per heavy atom. The fourth-order valence-corrected chi connectivity index (χ4v) is 2.11. The molecule has 1 fully saturated rings. The Morgan fingerprint density at radius 1 is 1.56 bits per heavy atom. The molecule has 4 heteroatoms. The molecule has 1 unspecified atom stereocenters. The molecule has 0 radical (unpaired) electrons. The molecule has 16 heavy (non-hydrogen) atoms. The van der Waals surface area contributed by atoms with Crippen molar-refractivity contribution in [2.45, 2.75) is 45.1 Å². The van der Waals surface area contributed by atoms with Gasteiger partial charge in [-0.2, -0.15) is 0 Å². The number of ether oxygens (including phenoxy) is 1. The number of carbonyl (C=O) groups is 1. The van der Waals surface area contributed by atoms with E-state index in [0.29, 0.717) is 18.4 Å². The Balaban J connectivity index is 2.23. The smallest absolute Gasteiger partial charge is 0.237 e. The van der Waals surface area contributed by atoms with Crippen LogP contribution in [0.4, 0.5) is 0 Å². The zero-order valence-electron chi connectivity index (χ0n) is 10.4. The zero-order chi connectivity index (χ0) is 12.0. The molecule has 1 aliphatic carbocycles. The van der Waals surface area contributed by atoms with E-state index in [1.54, 1.807) is 7.11 Å². The van der Waals surface area contributed by atoms with Gasteiger partial charge in [0.15, 0.2) is 0 Å². The van der Waals surface area contributed by atoms with Crippen LogP contribution in [0.25, 0.3) is 0 Å². The third-order valence-corrected chi connectivity index (χ3v) is 3.77. The summed E-state index contributed by atoms with van der Waals surface area (Å²) in [6.45, 7) is 3.51.